The fourth-order valence-electron chi connectivity index (χ4n) is 1.67. The maximum Gasteiger partial charge on any atom is 0.471 e. The highest BCUT2D eigenvalue weighted by Gasteiger charge is 2.41. The lowest BCUT2D eigenvalue weighted by Crippen LogP contribution is -2.30. The molecule has 0 saturated carbocycles. The molecule has 2 heterocycles. The summed E-state index contributed by atoms with van der Waals surface area (Å²) in [5, 5.41) is 5.10. The summed E-state index contributed by atoms with van der Waals surface area (Å²) >= 11 is 0. The van der Waals surface area contributed by atoms with E-state index in [2.05, 4.69) is 9.68 Å². The summed E-state index contributed by atoms with van der Waals surface area (Å²) in [6.45, 7) is 1.82. The van der Waals surface area contributed by atoms with Crippen LogP contribution in [0.25, 0.3) is 0 Å². The first kappa shape index (κ1) is 14.2. The fraction of sp³-hybridized carbons (Fsp3) is 0.500. The van der Waals surface area contributed by atoms with Crippen molar-refractivity contribution in [1.82, 2.24) is 10.1 Å². The molecule has 20 heavy (non-hydrogen) atoms. The zero-order chi connectivity index (χ0) is 14.9. The molecule has 0 unspecified atom stereocenters. The molecule has 2 rings (SSSR count). The Morgan fingerprint density at radius 2 is 2.15 bits per heavy atom. The maximum atomic E-state index is 12.1. The Bertz CT molecular complexity index is 540. The molecule has 0 bridgehead atoms. The van der Waals surface area contributed by atoms with Crippen LogP contribution in [0.15, 0.2) is 4.52 Å². The van der Waals surface area contributed by atoms with Gasteiger partial charge in [0.25, 0.3) is 0 Å². The number of alkyl halides is 3. The van der Waals surface area contributed by atoms with Crippen molar-refractivity contribution in [2.45, 2.75) is 26.2 Å². The number of hydrogen-bond donors (Lipinski definition) is 1. The Labute approximate surface area is 110 Å². The average molecular weight is 293 g/mol. The molecule has 0 saturated heterocycles. The van der Waals surface area contributed by atoms with Crippen molar-refractivity contribution in [2.24, 2.45) is 0 Å². The number of ether oxygens (including phenoxy) is 1. The first-order chi connectivity index (χ1) is 9.32. The molecule has 2 amide bonds. The van der Waals surface area contributed by atoms with Crippen molar-refractivity contribution in [1.29, 1.82) is 0 Å². The van der Waals surface area contributed by atoms with E-state index < -0.39 is 24.1 Å². The molecule has 10 heteroatoms. The Balaban J connectivity index is 2.08. The van der Waals surface area contributed by atoms with Crippen molar-refractivity contribution >= 4 is 17.9 Å². The minimum atomic E-state index is -5.03. The van der Waals surface area contributed by atoms with E-state index in [1.807, 2.05) is 0 Å². The van der Waals surface area contributed by atoms with Gasteiger partial charge < -0.3 is 9.26 Å². The Kier molecular flexibility index (Phi) is 3.55. The minimum absolute atomic E-state index is 0.0366. The summed E-state index contributed by atoms with van der Waals surface area (Å²) in [6, 6.07) is 0. The number of rotatable bonds is 2. The smallest absolute Gasteiger partial charge is 0.450 e. The number of fused-ring (bicyclic) bond motifs is 1. The standard InChI is InChI=1S/C10H10F3N3O4/c1-2-19-9(18)16-3-5-6(4-16)15-20-7(5)14-8(17)10(11,12)13/h2-4H2,1H3,(H,14,17). The lowest BCUT2D eigenvalue weighted by Gasteiger charge is -2.14. The van der Waals surface area contributed by atoms with Crippen LogP contribution in [-0.2, 0) is 22.6 Å². The van der Waals surface area contributed by atoms with Crippen LogP contribution in [0.2, 0.25) is 0 Å². The van der Waals surface area contributed by atoms with Crippen molar-refractivity contribution in [3.63, 3.8) is 0 Å². The highest BCUT2D eigenvalue weighted by atomic mass is 19.4. The highest BCUT2D eigenvalue weighted by molar-refractivity contribution is 5.94. The van der Waals surface area contributed by atoms with Crippen molar-refractivity contribution in [2.75, 3.05) is 11.9 Å². The van der Waals surface area contributed by atoms with Gasteiger partial charge in [0.2, 0.25) is 5.88 Å². The van der Waals surface area contributed by atoms with Gasteiger partial charge in [0.15, 0.2) is 0 Å². The summed E-state index contributed by atoms with van der Waals surface area (Å²) in [4.78, 5) is 23.5. The summed E-state index contributed by atoms with van der Waals surface area (Å²) in [7, 11) is 0. The number of carbonyl (C=O) groups excluding carboxylic acids is 2. The van der Waals surface area contributed by atoms with Crippen molar-refractivity contribution in [3.8, 4) is 0 Å². The Hall–Kier alpha value is -2.26. The monoisotopic (exact) mass is 293 g/mol. The molecular weight excluding hydrogens is 283 g/mol. The molecule has 1 aliphatic rings. The van der Waals surface area contributed by atoms with Crippen LogP contribution >= 0.6 is 0 Å². The second-order valence-corrected chi connectivity index (χ2v) is 3.94. The number of carbonyl (C=O) groups is 2. The van der Waals surface area contributed by atoms with Gasteiger partial charge in [0, 0.05) is 0 Å². The van der Waals surface area contributed by atoms with Crippen molar-refractivity contribution < 1.29 is 32.0 Å². The second kappa shape index (κ2) is 5.02. The van der Waals surface area contributed by atoms with Gasteiger partial charge in [-0.05, 0) is 6.92 Å². The topological polar surface area (TPSA) is 84.7 Å². The number of hydrogen-bond acceptors (Lipinski definition) is 5. The molecule has 0 aliphatic carbocycles. The van der Waals surface area contributed by atoms with E-state index in [1.165, 1.54) is 4.90 Å². The second-order valence-electron chi connectivity index (χ2n) is 3.94. The quantitative estimate of drug-likeness (QED) is 0.896. The number of amides is 2. The Morgan fingerprint density at radius 1 is 1.45 bits per heavy atom. The minimum Gasteiger partial charge on any atom is -0.450 e. The molecule has 0 fully saturated rings. The van der Waals surface area contributed by atoms with E-state index in [4.69, 9.17) is 4.74 Å². The number of anilines is 1. The van der Waals surface area contributed by atoms with Crippen LogP contribution in [0.5, 0.6) is 0 Å². The van der Waals surface area contributed by atoms with Gasteiger partial charge in [0.05, 0.1) is 25.3 Å². The largest absolute Gasteiger partial charge is 0.471 e. The first-order valence-corrected chi connectivity index (χ1v) is 5.60. The van der Waals surface area contributed by atoms with Crippen molar-refractivity contribution in [3.05, 3.63) is 11.3 Å². The Morgan fingerprint density at radius 3 is 2.75 bits per heavy atom. The first-order valence-electron chi connectivity index (χ1n) is 5.60. The molecule has 7 nitrogen and oxygen atoms in total. The van der Waals surface area contributed by atoms with Gasteiger partial charge >= 0.3 is 18.2 Å². The summed E-state index contributed by atoms with van der Waals surface area (Å²) in [6.07, 6.45) is -5.64. The SMILES string of the molecule is CCOC(=O)N1Cc2noc(NC(=O)C(F)(F)F)c2C1. The predicted molar refractivity (Wildman–Crippen MR) is 57.5 cm³/mol. The highest BCUT2D eigenvalue weighted by Crippen LogP contribution is 2.30. The van der Waals surface area contributed by atoms with E-state index in [9.17, 15) is 22.8 Å². The molecular formula is C10H10F3N3O4. The average Bonchev–Trinajstić information content (AvgIpc) is 2.90. The molecule has 0 aromatic carbocycles. The van der Waals surface area contributed by atoms with Crippen LogP contribution in [0.4, 0.5) is 23.8 Å². The van der Waals surface area contributed by atoms with E-state index in [0.717, 1.165) is 0 Å². The van der Waals surface area contributed by atoms with E-state index >= 15 is 0 Å². The van der Waals surface area contributed by atoms with Gasteiger partial charge in [-0.25, -0.2) is 4.79 Å². The molecule has 0 radical (unpaired) electrons. The molecule has 0 spiro atoms. The third-order valence-electron chi connectivity index (χ3n) is 2.57. The zero-order valence-electron chi connectivity index (χ0n) is 10.3. The zero-order valence-corrected chi connectivity index (χ0v) is 10.3. The van der Waals surface area contributed by atoms with Gasteiger partial charge in [-0.15, -0.1) is 0 Å². The summed E-state index contributed by atoms with van der Waals surface area (Å²) in [5.74, 6) is -2.57. The molecule has 1 aliphatic heterocycles. The third-order valence-corrected chi connectivity index (χ3v) is 2.57. The summed E-state index contributed by atoms with van der Waals surface area (Å²) < 4.78 is 45.8. The normalized spacial score (nSPS) is 14.1. The van der Waals surface area contributed by atoms with Gasteiger partial charge in [-0.3, -0.25) is 15.0 Å². The lowest BCUT2D eigenvalue weighted by molar-refractivity contribution is -0.167. The molecule has 0 atom stereocenters. The number of aromatic nitrogens is 1. The summed E-state index contributed by atoms with van der Waals surface area (Å²) in [5.41, 5.74) is 0.520. The number of nitrogens with one attached hydrogen (secondary N) is 1. The van der Waals surface area contributed by atoms with E-state index in [1.54, 1.807) is 12.2 Å². The molecule has 110 valence electrons. The number of nitrogens with zero attached hydrogens (tertiary/aromatic N) is 2. The van der Waals surface area contributed by atoms with Crippen LogP contribution < -0.4 is 5.32 Å². The molecule has 1 aromatic rings. The van der Waals surface area contributed by atoms with Gasteiger partial charge in [-0.1, -0.05) is 5.16 Å². The van der Waals surface area contributed by atoms with E-state index in [-0.39, 0.29) is 31.0 Å². The van der Waals surface area contributed by atoms with E-state index in [0.29, 0.717) is 0 Å². The predicted octanol–water partition coefficient (Wildman–Crippen LogP) is 1.65. The fourth-order valence-corrected chi connectivity index (χ4v) is 1.67. The van der Waals surface area contributed by atoms with Crippen LogP contribution in [-0.4, -0.2) is 34.8 Å². The van der Waals surface area contributed by atoms with Crippen LogP contribution in [0.1, 0.15) is 18.2 Å². The maximum absolute atomic E-state index is 12.1. The van der Waals surface area contributed by atoms with Gasteiger partial charge in [-0.2, -0.15) is 13.2 Å². The molecule has 1 N–H and O–H groups in total. The van der Waals surface area contributed by atoms with Gasteiger partial charge in [0.1, 0.15) is 5.69 Å². The molecule has 1 aromatic heterocycles. The third kappa shape index (κ3) is 2.68. The van der Waals surface area contributed by atoms with Crippen LogP contribution in [0.3, 0.4) is 0 Å². The number of halogens is 3. The van der Waals surface area contributed by atoms with Crippen LogP contribution in [0, 0.1) is 0 Å². The lowest BCUT2D eigenvalue weighted by atomic mass is 10.3.